The molecule has 3 amide bonds. The largest absolute Gasteiger partial charge is 0.478 e. The molecule has 1 aliphatic carbocycles. The van der Waals surface area contributed by atoms with E-state index in [4.69, 9.17) is 5.11 Å². The highest BCUT2D eigenvalue weighted by Gasteiger charge is 2.25. The summed E-state index contributed by atoms with van der Waals surface area (Å²) in [6, 6.07) is -0.305. The molecule has 1 rings (SSSR count). The first-order valence-electron chi connectivity index (χ1n) is 4.99. The van der Waals surface area contributed by atoms with E-state index in [1.807, 2.05) is 0 Å². The van der Waals surface area contributed by atoms with Gasteiger partial charge in [-0.1, -0.05) is 0 Å². The Balaban J connectivity index is 2.38. The van der Waals surface area contributed by atoms with Crippen LogP contribution in [0.25, 0.3) is 0 Å². The third-order valence-electron chi connectivity index (χ3n) is 2.55. The number of rotatable bonds is 3. The lowest BCUT2D eigenvalue weighted by Crippen LogP contribution is -2.47. The van der Waals surface area contributed by atoms with Crippen LogP contribution in [0.15, 0.2) is 12.2 Å². The second-order valence-electron chi connectivity index (χ2n) is 3.66. The van der Waals surface area contributed by atoms with Crippen molar-refractivity contribution in [3.63, 3.8) is 0 Å². The number of hydrogen-bond acceptors (Lipinski definition) is 3. The molecule has 16 heavy (non-hydrogen) atoms. The van der Waals surface area contributed by atoms with Gasteiger partial charge in [-0.15, -0.1) is 0 Å². The summed E-state index contributed by atoms with van der Waals surface area (Å²) in [5.41, 5.74) is 0. The lowest BCUT2D eigenvalue weighted by Gasteiger charge is -2.34. The first-order valence-corrected chi connectivity index (χ1v) is 4.99. The second-order valence-corrected chi connectivity index (χ2v) is 3.66. The summed E-state index contributed by atoms with van der Waals surface area (Å²) in [5, 5.41) is 10.4. The third kappa shape index (κ3) is 3.38. The summed E-state index contributed by atoms with van der Waals surface area (Å²) in [5.74, 6) is -1.95. The highest BCUT2D eigenvalue weighted by Crippen LogP contribution is 2.23. The molecule has 0 heterocycles. The van der Waals surface area contributed by atoms with Crippen molar-refractivity contribution >= 4 is 17.9 Å². The Morgan fingerprint density at radius 1 is 1.31 bits per heavy atom. The zero-order valence-corrected chi connectivity index (χ0v) is 8.97. The summed E-state index contributed by atoms with van der Waals surface area (Å²) in [7, 11) is 1.62. The molecule has 0 aromatic rings. The standard InChI is InChI=1S/C10H14N2O4/c1-12(7-3-2-4-7)10(16)11-8(13)5-6-9(14)15/h5-7H,2-4H2,1H3,(H,14,15)(H,11,13,16)/b6-5+. The van der Waals surface area contributed by atoms with Crippen molar-refractivity contribution in [1.29, 1.82) is 0 Å². The van der Waals surface area contributed by atoms with Crippen molar-refractivity contribution in [2.24, 2.45) is 0 Å². The molecule has 0 aliphatic heterocycles. The van der Waals surface area contributed by atoms with E-state index in [0.29, 0.717) is 6.08 Å². The summed E-state index contributed by atoms with van der Waals surface area (Å²) >= 11 is 0. The van der Waals surface area contributed by atoms with Gasteiger partial charge in [0.25, 0.3) is 5.91 Å². The molecule has 1 fully saturated rings. The fraction of sp³-hybridized carbons (Fsp3) is 0.500. The Labute approximate surface area is 92.9 Å². The van der Waals surface area contributed by atoms with E-state index in [1.54, 1.807) is 7.05 Å². The zero-order chi connectivity index (χ0) is 12.1. The van der Waals surface area contributed by atoms with Gasteiger partial charge in [-0.05, 0) is 19.3 Å². The van der Waals surface area contributed by atoms with Gasteiger partial charge in [0.1, 0.15) is 0 Å². The van der Waals surface area contributed by atoms with Crippen molar-refractivity contribution in [2.75, 3.05) is 7.05 Å². The van der Waals surface area contributed by atoms with E-state index < -0.39 is 17.9 Å². The van der Waals surface area contributed by atoms with Crippen molar-refractivity contribution in [2.45, 2.75) is 25.3 Å². The van der Waals surface area contributed by atoms with Crippen LogP contribution in [-0.4, -0.2) is 41.0 Å². The van der Waals surface area contributed by atoms with E-state index in [1.165, 1.54) is 4.90 Å². The van der Waals surface area contributed by atoms with Gasteiger partial charge in [0.05, 0.1) is 0 Å². The Morgan fingerprint density at radius 3 is 2.38 bits per heavy atom. The van der Waals surface area contributed by atoms with E-state index in [-0.39, 0.29) is 6.04 Å². The highest BCUT2D eigenvalue weighted by atomic mass is 16.4. The van der Waals surface area contributed by atoms with E-state index in [2.05, 4.69) is 5.32 Å². The molecule has 0 unspecified atom stereocenters. The van der Waals surface area contributed by atoms with Gasteiger partial charge in [-0.2, -0.15) is 0 Å². The van der Waals surface area contributed by atoms with Crippen LogP contribution in [0.5, 0.6) is 0 Å². The normalized spacial score (nSPS) is 15.6. The zero-order valence-electron chi connectivity index (χ0n) is 8.97. The molecule has 0 spiro atoms. The van der Waals surface area contributed by atoms with Gasteiger partial charge in [-0.3, -0.25) is 10.1 Å². The summed E-state index contributed by atoms with van der Waals surface area (Å²) in [4.78, 5) is 34.1. The Hall–Kier alpha value is -1.85. The molecule has 2 N–H and O–H groups in total. The average molecular weight is 226 g/mol. The van der Waals surface area contributed by atoms with Gasteiger partial charge in [0.2, 0.25) is 0 Å². The quantitative estimate of drug-likeness (QED) is 0.680. The van der Waals surface area contributed by atoms with Crippen LogP contribution in [0.1, 0.15) is 19.3 Å². The number of aliphatic carboxylic acids is 1. The molecule has 0 aromatic heterocycles. The molecule has 0 saturated heterocycles. The predicted molar refractivity (Wildman–Crippen MR) is 55.7 cm³/mol. The van der Waals surface area contributed by atoms with Crippen molar-refractivity contribution < 1.29 is 19.5 Å². The van der Waals surface area contributed by atoms with Crippen LogP contribution >= 0.6 is 0 Å². The molecule has 1 aliphatic rings. The Morgan fingerprint density at radius 2 is 1.94 bits per heavy atom. The fourth-order valence-corrected chi connectivity index (χ4v) is 1.32. The number of carbonyl (C=O) groups is 3. The first kappa shape index (κ1) is 12.2. The topological polar surface area (TPSA) is 86.7 Å². The maximum absolute atomic E-state index is 11.4. The van der Waals surface area contributed by atoms with Crippen LogP contribution in [0.2, 0.25) is 0 Å². The summed E-state index contributed by atoms with van der Waals surface area (Å²) < 4.78 is 0. The molecule has 88 valence electrons. The number of carbonyl (C=O) groups excluding carboxylic acids is 2. The van der Waals surface area contributed by atoms with Crippen LogP contribution in [0, 0.1) is 0 Å². The Bertz CT molecular complexity index is 334. The molecule has 0 bridgehead atoms. The monoisotopic (exact) mass is 226 g/mol. The molecule has 6 nitrogen and oxygen atoms in total. The second kappa shape index (κ2) is 5.29. The van der Waals surface area contributed by atoms with Crippen LogP contribution in [0.3, 0.4) is 0 Å². The summed E-state index contributed by atoms with van der Waals surface area (Å²) in [6.45, 7) is 0. The predicted octanol–water partition coefficient (Wildman–Crippen LogP) is 0.348. The number of carboxylic acids is 1. The number of hydrogen-bond donors (Lipinski definition) is 2. The first-order chi connectivity index (χ1) is 7.50. The molecular weight excluding hydrogens is 212 g/mol. The maximum atomic E-state index is 11.4. The Kier molecular flexibility index (Phi) is 4.04. The number of amides is 3. The van der Waals surface area contributed by atoms with Crippen LogP contribution < -0.4 is 5.32 Å². The third-order valence-corrected chi connectivity index (χ3v) is 2.55. The number of imide groups is 1. The number of nitrogens with zero attached hydrogens (tertiary/aromatic N) is 1. The minimum Gasteiger partial charge on any atom is -0.478 e. The van der Waals surface area contributed by atoms with Gasteiger partial charge in [-0.25, -0.2) is 9.59 Å². The summed E-state index contributed by atoms with van der Waals surface area (Å²) in [6.07, 6.45) is 4.49. The number of nitrogens with one attached hydrogen (secondary N) is 1. The van der Waals surface area contributed by atoms with E-state index >= 15 is 0 Å². The van der Waals surface area contributed by atoms with Crippen LogP contribution in [-0.2, 0) is 9.59 Å². The van der Waals surface area contributed by atoms with Gasteiger partial charge >= 0.3 is 12.0 Å². The van der Waals surface area contributed by atoms with Gasteiger partial charge in [0.15, 0.2) is 0 Å². The maximum Gasteiger partial charge on any atom is 0.328 e. The smallest absolute Gasteiger partial charge is 0.328 e. The molecule has 0 aromatic carbocycles. The molecular formula is C10H14N2O4. The minimum atomic E-state index is -1.23. The van der Waals surface area contributed by atoms with Crippen molar-refractivity contribution in [3.8, 4) is 0 Å². The average Bonchev–Trinajstić information content (AvgIpc) is 2.11. The minimum absolute atomic E-state index is 0.191. The number of urea groups is 1. The fourth-order valence-electron chi connectivity index (χ4n) is 1.32. The van der Waals surface area contributed by atoms with Crippen molar-refractivity contribution in [3.05, 3.63) is 12.2 Å². The molecule has 0 atom stereocenters. The SMILES string of the molecule is CN(C(=O)NC(=O)/C=C/C(=O)O)C1CCC1. The van der Waals surface area contributed by atoms with Gasteiger partial charge in [0, 0.05) is 25.2 Å². The van der Waals surface area contributed by atoms with E-state index in [9.17, 15) is 14.4 Å². The molecule has 6 heteroatoms. The lowest BCUT2D eigenvalue weighted by atomic mass is 9.92. The molecule has 1 saturated carbocycles. The highest BCUT2D eigenvalue weighted by molar-refractivity contribution is 6.02. The van der Waals surface area contributed by atoms with Crippen LogP contribution in [0.4, 0.5) is 4.79 Å². The molecule has 0 radical (unpaired) electrons. The lowest BCUT2D eigenvalue weighted by molar-refractivity contribution is -0.131. The van der Waals surface area contributed by atoms with Gasteiger partial charge < -0.3 is 10.0 Å². The van der Waals surface area contributed by atoms with Crippen molar-refractivity contribution in [1.82, 2.24) is 10.2 Å². The number of carboxylic acid groups (broad SMARTS) is 1. The van der Waals surface area contributed by atoms with E-state index in [0.717, 1.165) is 25.3 Å².